The summed E-state index contributed by atoms with van der Waals surface area (Å²) < 4.78 is 5.56. The van der Waals surface area contributed by atoms with Crippen LogP contribution in [0.1, 0.15) is 31.2 Å². The first kappa shape index (κ1) is 17.0. The number of rotatable bonds is 6. The number of benzene rings is 2. The number of nitrogens with one attached hydrogen (secondary N) is 2. The Balaban J connectivity index is 1.68. The lowest BCUT2D eigenvalue weighted by molar-refractivity contribution is 0.315. The number of hydrogen-bond acceptors (Lipinski definition) is 3. The lowest BCUT2D eigenvalue weighted by atomic mass is 9.91. The molecule has 3 rings (SSSR count). The van der Waals surface area contributed by atoms with Crippen LogP contribution in [0.4, 0.5) is 0 Å². The third-order valence-corrected chi connectivity index (χ3v) is 5.10. The molecule has 0 aliphatic heterocycles. The summed E-state index contributed by atoms with van der Waals surface area (Å²) in [5.74, 6) is 0.964. The first-order valence-corrected chi connectivity index (χ1v) is 8.93. The molecule has 1 aliphatic rings. The van der Waals surface area contributed by atoms with E-state index in [4.69, 9.17) is 4.74 Å². The highest BCUT2D eigenvalue weighted by atomic mass is 16.5. The minimum atomic E-state index is 0.611. The van der Waals surface area contributed by atoms with Crippen LogP contribution in [-0.4, -0.2) is 26.2 Å². The molecule has 2 aromatic rings. The van der Waals surface area contributed by atoms with Gasteiger partial charge in [-0.3, -0.25) is 0 Å². The van der Waals surface area contributed by atoms with Crippen LogP contribution in [-0.2, 0) is 6.54 Å². The van der Waals surface area contributed by atoms with Crippen LogP contribution in [0.2, 0.25) is 0 Å². The summed E-state index contributed by atoms with van der Waals surface area (Å²) in [5.41, 5.74) is 3.72. The van der Waals surface area contributed by atoms with Gasteiger partial charge in [0.1, 0.15) is 5.75 Å². The van der Waals surface area contributed by atoms with E-state index in [-0.39, 0.29) is 0 Å². The third-order valence-electron chi connectivity index (χ3n) is 5.10. The summed E-state index contributed by atoms with van der Waals surface area (Å²) in [6.45, 7) is 0.860. The lowest BCUT2D eigenvalue weighted by Gasteiger charge is -2.29. The molecule has 0 spiro atoms. The largest absolute Gasteiger partial charge is 0.496 e. The summed E-state index contributed by atoms with van der Waals surface area (Å²) in [4.78, 5) is 0. The highest BCUT2D eigenvalue weighted by Crippen LogP contribution is 2.27. The van der Waals surface area contributed by atoms with Crippen molar-refractivity contribution < 1.29 is 4.74 Å². The Hall–Kier alpha value is -1.84. The molecule has 0 amide bonds. The highest BCUT2D eigenvalue weighted by Gasteiger charge is 2.19. The molecule has 0 bridgehead atoms. The van der Waals surface area contributed by atoms with Gasteiger partial charge in [0.15, 0.2) is 0 Å². The van der Waals surface area contributed by atoms with Gasteiger partial charge < -0.3 is 15.4 Å². The average molecular weight is 324 g/mol. The molecule has 2 N–H and O–H groups in total. The van der Waals surface area contributed by atoms with Crippen molar-refractivity contribution in [3.8, 4) is 16.9 Å². The fourth-order valence-corrected chi connectivity index (χ4v) is 3.57. The van der Waals surface area contributed by atoms with E-state index in [1.54, 1.807) is 7.11 Å². The second-order valence-electron chi connectivity index (χ2n) is 6.61. The van der Waals surface area contributed by atoms with Crippen molar-refractivity contribution in [3.05, 3.63) is 54.1 Å². The van der Waals surface area contributed by atoms with Crippen molar-refractivity contribution in [1.82, 2.24) is 10.6 Å². The van der Waals surface area contributed by atoms with E-state index < -0.39 is 0 Å². The van der Waals surface area contributed by atoms with Crippen LogP contribution < -0.4 is 15.4 Å². The van der Waals surface area contributed by atoms with Gasteiger partial charge in [0.05, 0.1) is 7.11 Å². The van der Waals surface area contributed by atoms with Crippen LogP contribution in [0.15, 0.2) is 48.5 Å². The number of ether oxygens (including phenoxy) is 1. The standard InChI is InChI=1S/C21H28N2O/c1-22-19-9-11-20(12-10-19)23-15-18-14-17(8-13-21(18)24-2)16-6-4-3-5-7-16/h3-8,13-14,19-20,22-23H,9-12,15H2,1-2H3/t19-,20-. The average Bonchev–Trinajstić information content (AvgIpc) is 2.67. The van der Waals surface area contributed by atoms with Crippen molar-refractivity contribution in [1.29, 1.82) is 0 Å². The van der Waals surface area contributed by atoms with Gasteiger partial charge in [0, 0.05) is 24.2 Å². The van der Waals surface area contributed by atoms with Gasteiger partial charge in [-0.15, -0.1) is 0 Å². The molecular weight excluding hydrogens is 296 g/mol. The molecule has 0 heterocycles. The fourth-order valence-electron chi connectivity index (χ4n) is 3.57. The molecule has 0 aromatic heterocycles. The summed E-state index contributed by atoms with van der Waals surface area (Å²) in [5, 5.41) is 7.12. The predicted molar refractivity (Wildman–Crippen MR) is 100 cm³/mol. The molecule has 3 heteroatoms. The number of hydrogen-bond donors (Lipinski definition) is 2. The maximum Gasteiger partial charge on any atom is 0.123 e. The van der Waals surface area contributed by atoms with Gasteiger partial charge in [0.2, 0.25) is 0 Å². The van der Waals surface area contributed by atoms with Crippen LogP contribution in [0.5, 0.6) is 5.75 Å². The van der Waals surface area contributed by atoms with Crippen LogP contribution >= 0.6 is 0 Å². The van der Waals surface area contributed by atoms with Crippen molar-refractivity contribution in [2.24, 2.45) is 0 Å². The molecule has 128 valence electrons. The molecule has 0 radical (unpaired) electrons. The van der Waals surface area contributed by atoms with Crippen molar-refractivity contribution in [2.75, 3.05) is 14.2 Å². The minimum absolute atomic E-state index is 0.611. The van der Waals surface area contributed by atoms with E-state index in [1.165, 1.54) is 42.4 Å². The Morgan fingerprint density at radius 2 is 1.62 bits per heavy atom. The zero-order valence-electron chi connectivity index (χ0n) is 14.7. The topological polar surface area (TPSA) is 33.3 Å². The second-order valence-corrected chi connectivity index (χ2v) is 6.61. The van der Waals surface area contributed by atoms with Crippen LogP contribution in [0.3, 0.4) is 0 Å². The Morgan fingerprint density at radius 1 is 0.917 bits per heavy atom. The van der Waals surface area contributed by atoms with Gasteiger partial charge in [-0.2, -0.15) is 0 Å². The van der Waals surface area contributed by atoms with E-state index in [0.717, 1.165) is 12.3 Å². The maximum absolute atomic E-state index is 5.56. The maximum atomic E-state index is 5.56. The zero-order chi connectivity index (χ0) is 16.8. The number of methoxy groups -OCH3 is 1. The summed E-state index contributed by atoms with van der Waals surface area (Å²) >= 11 is 0. The molecule has 1 saturated carbocycles. The highest BCUT2D eigenvalue weighted by molar-refractivity contribution is 5.65. The quantitative estimate of drug-likeness (QED) is 0.843. The molecule has 1 fully saturated rings. The second kappa shape index (κ2) is 8.32. The van der Waals surface area contributed by atoms with Crippen molar-refractivity contribution in [2.45, 2.75) is 44.3 Å². The molecule has 0 saturated heterocycles. The predicted octanol–water partition coefficient (Wildman–Crippen LogP) is 3.98. The smallest absolute Gasteiger partial charge is 0.123 e. The van der Waals surface area contributed by atoms with Crippen molar-refractivity contribution in [3.63, 3.8) is 0 Å². The molecule has 3 nitrogen and oxygen atoms in total. The molecule has 0 unspecified atom stereocenters. The molecule has 2 aromatic carbocycles. The Morgan fingerprint density at radius 3 is 2.29 bits per heavy atom. The summed E-state index contributed by atoms with van der Waals surface area (Å²) in [6.07, 6.45) is 5.00. The van der Waals surface area contributed by atoms with Gasteiger partial charge in [-0.1, -0.05) is 36.4 Å². The summed E-state index contributed by atoms with van der Waals surface area (Å²) in [7, 11) is 3.82. The lowest BCUT2D eigenvalue weighted by Crippen LogP contribution is -2.38. The van der Waals surface area contributed by atoms with Crippen LogP contribution in [0.25, 0.3) is 11.1 Å². The third kappa shape index (κ3) is 4.16. The first-order chi connectivity index (χ1) is 11.8. The van der Waals surface area contributed by atoms with Crippen molar-refractivity contribution >= 4 is 0 Å². The normalized spacial score (nSPS) is 20.8. The van der Waals surface area contributed by atoms with E-state index >= 15 is 0 Å². The Kier molecular flexibility index (Phi) is 5.89. The van der Waals surface area contributed by atoms with E-state index in [9.17, 15) is 0 Å². The fraction of sp³-hybridized carbons (Fsp3) is 0.429. The zero-order valence-corrected chi connectivity index (χ0v) is 14.7. The van der Waals surface area contributed by atoms with E-state index in [1.807, 2.05) is 0 Å². The van der Waals surface area contributed by atoms with E-state index in [2.05, 4.69) is 66.2 Å². The first-order valence-electron chi connectivity index (χ1n) is 8.93. The van der Waals surface area contributed by atoms with Gasteiger partial charge in [0.25, 0.3) is 0 Å². The minimum Gasteiger partial charge on any atom is -0.496 e. The Bertz CT molecular complexity index is 634. The monoisotopic (exact) mass is 324 g/mol. The van der Waals surface area contributed by atoms with Gasteiger partial charge >= 0.3 is 0 Å². The van der Waals surface area contributed by atoms with E-state index in [0.29, 0.717) is 12.1 Å². The molecule has 1 aliphatic carbocycles. The molecule has 24 heavy (non-hydrogen) atoms. The van der Waals surface area contributed by atoms with Gasteiger partial charge in [-0.05, 0) is 56.0 Å². The Labute approximate surface area is 145 Å². The molecular formula is C21H28N2O. The van der Waals surface area contributed by atoms with Crippen LogP contribution in [0, 0.1) is 0 Å². The molecule has 0 atom stereocenters. The SMILES string of the molecule is CN[C@H]1CC[C@H](NCc2cc(-c3ccccc3)ccc2OC)CC1. The van der Waals surface area contributed by atoms with Gasteiger partial charge in [-0.25, -0.2) is 0 Å². The summed E-state index contributed by atoms with van der Waals surface area (Å²) in [6, 6.07) is 18.3.